The van der Waals surface area contributed by atoms with Crippen LogP contribution in [-0.2, 0) is 13.0 Å². The van der Waals surface area contributed by atoms with Gasteiger partial charge in [0.2, 0.25) is 0 Å². The molecule has 0 radical (unpaired) electrons. The van der Waals surface area contributed by atoms with Gasteiger partial charge in [-0.1, -0.05) is 6.92 Å². The predicted octanol–water partition coefficient (Wildman–Crippen LogP) is 1.64. The molecule has 3 aromatic rings. The summed E-state index contributed by atoms with van der Waals surface area (Å²) >= 11 is 0. The Balaban J connectivity index is 1.37. The molecule has 8 nitrogen and oxygen atoms in total. The topological polar surface area (TPSA) is 100 Å². The Morgan fingerprint density at radius 2 is 2.17 bits per heavy atom. The molecule has 1 aliphatic heterocycles. The van der Waals surface area contributed by atoms with E-state index in [4.69, 9.17) is 4.74 Å². The summed E-state index contributed by atoms with van der Waals surface area (Å²) in [6.45, 7) is 3.52. The van der Waals surface area contributed by atoms with Crippen molar-refractivity contribution >= 4 is 16.9 Å². The number of halogens is 1. The lowest BCUT2D eigenvalue weighted by Crippen LogP contribution is -2.53. The number of ether oxygens (including phenoxy) is 1. The van der Waals surface area contributed by atoms with Gasteiger partial charge in [-0.2, -0.15) is 0 Å². The molecular formula is C21H22FN5O3. The Hall–Kier alpha value is -3.33. The molecule has 2 N–H and O–H groups in total. The van der Waals surface area contributed by atoms with Crippen LogP contribution in [0.4, 0.5) is 4.39 Å². The molecular weight excluding hydrogens is 389 g/mol. The predicted molar refractivity (Wildman–Crippen MR) is 109 cm³/mol. The van der Waals surface area contributed by atoms with Crippen LogP contribution in [0.5, 0.6) is 5.75 Å². The first-order chi connectivity index (χ1) is 14.5. The average Bonchev–Trinajstić information content (AvgIpc) is 2.72. The van der Waals surface area contributed by atoms with Gasteiger partial charge in [0.15, 0.2) is 0 Å². The zero-order chi connectivity index (χ0) is 21.3. The third kappa shape index (κ3) is 4.02. The number of nitrogens with one attached hydrogen (secondary N) is 2. The monoisotopic (exact) mass is 411 g/mol. The van der Waals surface area contributed by atoms with Gasteiger partial charge in [-0.15, -0.1) is 0 Å². The van der Waals surface area contributed by atoms with Crippen molar-refractivity contribution in [3.8, 4) is 5.75 Å². The lowest BCUT2D eigenvalue weighted by molar-refractivity contribution is 0.0137. The van der Waals surface area contributed by atoms with Gasteiger partial charge >= 0.3 is 0 Å². The standard InChI is InChI=1S/C21H22FN5O3/c1-3-16-21(29)26-18-6-12(15(22)7-19(18)25-16)9-27-10-14(11-27)30-13-4-5-17(24-8-13)20(28)23-2/h4-8,14H,3,9-11H2,1-2H3,(H,23,28)(H,26,29). The van der Waals surface area contributed by atoms with Crippen molar-refractivity contribution in [2.24, 2.45) is 0 Å². The molecule has 0 saturated carbocycles. The summed E-state index contributed by atoms with van der Waals surface area (Å²) in [5, 5.41) is 2.51. The van der Waals surface area contributed by atoms with E-state index in [1.807, 2.05) is 11.8 Å². The molecule has 0 aliphatic carbocycles. The minimum Gasteiger partial charge on any atom is -0.486 e. The Bertz CT molecular complexity index is 1140. The lowest BCUT2D eigenvalue weighted by atomic mass is 10.1. The van der Waals surface area contributed by atoms with Crippen LogP contribution < -0.4 is 15.6 Å². The number of rotatable bonds is 6. The maximum absolute atomic E-state index is 14.5. The van der Waals surface area contributed by atoms with Crippen LogP contribution in [-0.4, -0.2) is 52.0 Å². The molecule has 1 saturated heterocycles. The second-order valence-electron chi connectivity index (χ2n) is 7.22. The largest absolute Gasteiger partial charge is 0.486 e. The minimum atomic E-state index is -0.345. The molecule has 0 bridgehead atoms. The number of aromatic amines is 1. The quantitative estimate of drug-likeness (QED) is 0.640. The highest BCUT2D eigenvalue weighted by Crippen LogP contribution is 2.22. The minimum absolute atomic E-state index is 0.0326. The van der Waals surface area contributed by atoms with Gasteiger partial charge in [-0.3, -0.25) is 14.5 Å². The van der Waals surface area contributed by atoms with Crippen LogP contribution in [0.2, 0.25) is 0 Å². The fourth-order valence-corrected chi connectivity index (χ4v) is 3.42. The molecule has 9 heteroatoms. The number of likely N-dealkylation sites (tertiary alicyclic amines) is 1. The molecule has 1 aliphatic rings. The number of pyridine rings is 1. The number of carbonyl (C=O) groups excluding carboxylic acids is 1. The first-order valence-electron chi connectivity index (χ1n) is 9.75. The highest BCUT2D eigenvalue weighted by atomic mass is 19.1. The van der Waals surface area contributed by atoms with E-state index in [0.29, 0.717) is 59.8 Å². The van der Waals surface area contributed by atoms with Crippen LogP contribution in [0, 0.1) is 5.82 Å². The molecule has 0 spiro atoms. The van der Waals surface area contributed by atoms with Gasteiger partial charge in [0.1, 0.15) is 29.1 Å². The summed E-state index contributed by atoms with van der Waals surface area (Å²) in [5.41, 5.74) is 1.96. The number of H-pyrrole nitrogens is 1. The van der Waals surface area contributed by atoms with E-state index in [-0.39, 0.29) is 23.4 Å². The van der Waals surface area contributed by atoms with E-state index in [9.17, 15) is 14.0 Å². The van der Waals surface area contributed by atoms with Gasteiger partial charge in [-0.05, 0) is 24.6 Å². The van der Waals surface area contributed by atoms with Crippen molar-refractivity contribution in [1.29, 1.82) is 0 Å². The molecule has 1 aromatic carbocycles. The van der Waals surface area contributed by atoms with Gasteiger partial charge in [0, 0.05) is 38.3 Å². The molecule has 30 heavy (non-hydrogen) atoms. The molecule has 0 atom stereocenters. The maximum atomic E-state index is 14.5. The number of nitrogens with zero attached hydrogens (tertiary/aromatic N) is 3. The fraction of sp³-hybridized carbons (Fsp3) is 0.333. The number of carbonyl (C=O) groups is 1. The number of amides is 1. The van der Waals surface area contributed by atoms with E-state index >= 15 is 0 Å². The summed E-state index contributed by atoms with van der Waals surface area (Å²) in [7, 11) is 1.55. The number of aromatic nitrogens is 3. The second kappa shape index (κ2) is 8.19. The van der Waals surface area contributed by atoms with Crippen LogP contribution in [0.1, 0.15) is 28.7 Å². The Labute approximate surface area is 172 Å². The third-order valence-corrected chi connectivity index (χ3v) is 5.08. The molecule has 156 valence electrons. The molecule has 3 heterocycles. The van der Waals surface area contributed by atoms with Crippen LogP contribution in [0.15, 0.2) is 35.3 Å². The van der Waals surface area contributed by atoms with E-state index in [1.165, 1.54) is 12.3 Å². The molecule has 0 unspecified atom stereocenters. The van der Waals surface area contributed by atoms with Crippen LogP contribution >= 0.6 is 0 Å². The zero-order valence-corrected chi connectivity index (χ0v) is 16.7. The first-order valence-corrected chi connectivity index (χ1v) is 9.75. The number of aryl methyl sites for hydroxylation is 1. The van der Waals surface area contributed by atoms with E-state index < -0.39 is 0 Å². The Morgan fingerprint density at radius 3 is 2.83 bits per heavy atom. The first kappa shape index (κ1) is 20.0. The summed E-state index contributed by atoms with van der Waals surface area (Å²) in [4.78, 5) is 36.6. The normalized spacial score (nSPS) is 14.5. The van der Waals surface area contributed by atoms with E-state index in [0.717, 1.165) is 0 Å². The number of fused-ring (bicyclic) bond motifs is 1. The third-order valence-electron chi connectivity index (χ3n) is 5.08. The maximum Gasteiger partial charge on any atom is 0.270 e. The average molecular weight is 411 g/mol. The van der Waals surface area contributed by atoms with E-state index in [2.05, 4.69) is 20.3 Å². The van der Waals surface area contributed by atoms with Crippen molar-refractivity contribution in [1.82, 2.24) is 25.2 Å². The second-order valence-corrected chi connectivity index (χ2v) is 7.22. The van der Waals surface area contributed by atoms with Gasteiger partial charge < -0.3 is 15.0 Å². The molecule has 1 amide bonds. The van der Waals surface area contributed by atoms with Gasteiger partial charge in [-0.25, -0.2) is 14.4 Å². The van der Waals surface area contributed by atoms with Gasteiger partial charge in [0.05, 0.1) is 17.2 Å². The number of hydrogen-bond acceptors (Lipinski definition) is 6. The molecule has 4 rings (SSSR count). The van der Waals surface area contributed by atoms with Crippen molar-refractivity contribution in [3.05, 3.63) is 63.6 Å². The number of hydrogen-bond donors (Lipinski definition) is 2. The lowest BCUT2D eigenvalue weighted by Gasteiger charge is -2.39. The summed E-state index contributed by atoms with van der Waals surface area (Å²) < 4.78 is 20.4. The van der Waals surface area contributed by atoms with Crippen molar-refractivity contribution in [3.63, 3.8) is 0 Å². The fourth-order valence-electron chi connectivity index (χ4n) is 3.42. The zero-order valence-electron chi connectivity index (χ0n) is 16.7. The summed E-state index contributed by atoms with van der Waals surface area (Å²) in [5.74, 6) is -0.0155. The molecule has 2 aromatic heterocycles. The van der Waals surface area contributed by atoms with Gasteiger partial charge in [0.25, 0.3) is 11.5 Å². The Morgan fingerprint density at radius 1 is 1.37 bits per heavy atom. The highest BCUT2D eigenvalue weighted by Gasteiger charge is 2.29. The smallest absolute Gasteiger partial charge is 0.270 e. The van der Waals surface area contributed by atoms with Crippen LogP contribution in [0.3, 0.4) is 0 Å². The van der Waals surface area contributed by atoms with Crippen molar-refractivity contribution < 1.29 is 13.9 Å². The van der Waals surface area contributed by atoms with Crippen molar-refractivity contribution in [2.45, 2.75) is 26.0 Å². The molecule has 1 fully saturated rings. The number of benzene rings is 1. The highest BCUT2D eigenvalue weighted by molar-refractivity contribution is 5.91. The summed E-state index contributed by atoms with van der Waals surface area (Å²) in [6.07, 6.45) is 1.98. The van der Waals surface area contributed by atoms with E-state index in [1.54, 1.807) is 25.2 Å². The SMILES string of the molecule is CCc1nc2cc(F)c(CN3CC(Oc4ccc(C(=O)NC)nc4)C3)cc2[nH]c1=O. The van der Waals surface area contributed by atoms with Crippen LogP contribution in [0.25, 0.3) is 11.0 Å². The van der Waals surface area contributed by atoms with Crippen molar-refractivity contribution in [2.75, 3.05) is 20.1 Å². The summed E-state index contributed by atoms with van der Waals surface area (Å²) in [6, 6.07) is 6.33. The Kier molecular flexibility index (Phi) is 5.45.